The molecule has 0 amide bonds. The molecule has 5 heteroatoms. The Morgan fingerprint density at radius 3 is 2.09 bits per heavy atom. The van der Waals surface area contributed by atoms with Gasteiger partial charge in [-0.15, -0.1) is 0 Å². The predicted octanol–water partition coefficient (Wildman–Crippen LogP) is 1.77. The minimum atomic E-state index is 0.303. The number of nitrogens with zero attached hydrogens (tertiary/aromatic N) is 2. The fraction of sp³-hybridized carbons (Fsp3) is 0.667. The number of oxime groups is 2. The van der Waals surface area contributed by atoms with E-state index in [1.807, 2.05) is 13.8 Å². The molecule has 64 valence electrons. The molecule has 0 unspecified atom stereocenters. The highest BCUT2D eigenvalue weighted by Crippen LogP contribution is 2.12. The van der Waals surface area contributed by atoms with E-state index in [4.69, 9.17) is 10.4 Å². The lowest BCUT2D eigenvalue weighted by molar-refractivity contribution is 0.315. The van der Waals surface area contributed by atoms with E-state index in [-0.39, 0.29) is 0 Å². The molecule has 0 spiro atoms. The normalized spacial score (nSPS) is 14.2. The van der Waals surface area contributed by atoms with Crippen LogP contribution >= 0.6 is 11.8 Å². The quantitative estimate of drug-likeness (QED) is 0.291. The van der Waals surface area contributed by atoms with Gasteiger partial charge in [-0.1, -0.05) is 35.9 Å². The second-order valence-corrected chi connectivity index (χ2v) is 3.82. The Morgan fingerprint density at radius 2 is 1.82 bits per heavy atom. The lowest BCUT2D eigenvalue weighted by Crippen LogP contribution is -2.09. The molecule has 0 radical (unpaired) electrons. The van der Waals surface area contributed by atoms with Crippen LogP contribution in [-0.2, 0) is 0 Å². The van der Waals surface area contributed by atoms with Crippen LogP contribution in [0.25, 0.3) is 0 Å². The Morgan fingerprint density at radius 1 is 1.27 bits per heavy atom. The monoisotopic (exact) mass is 176 g/mol. The summed E-state index contributed by atoms with van der Waals surface area (Å²) in [6.45, 7) is 5.49. The van der Waals surface area contributed by atoms with Crippen molar-refractivity contribution < 1.29 is 10.4 Å². The highest BCUT2D eigenvalue weighted by Gasteiger charge is 2.07. The second-order valence-electron chi connectivity index (χ2n) is 2.26. The van der Waals surface area contributed by atoms with E-state index in [1.54, 1.807) is 6.92 Å². The van der Waals surface area contributed by atoms with E-state index in [1.165, 1.54) is 11.8 Å². The summed E-state index contributed by atoms with van der Waals surface area (Å²) in [6, 6.07) is 0. The van der Waals surface area contributed by atoms with Gasteiger partial charge >= 0.3 is 0 Å². The third-order valence-corrected chi connectivity index (χ3v) is 1.97. The van der Waals surface area contributed by atoms with Gasteiger partial charge in [-0.05, 0) is 6.92 Å². The Labute approximate surface area is 70.0 Å². The van der Waals surface area contributed by atoms with Crippen LogP contribution in [0, 0.1) is 0 Å². The summed E-state index contributed by atoms with van der Waals surface area (Å²) in [6.07, 6.45) is 0. The summed E-state index contributed by atoms with van der Waals surface area (Å²) in [5.74, 6) is 0. The Balaban J connectivity index is 4.21. The maximum atomic E-state index is 8.45. The molecule has 0 rings (SSSR count). The summed E-state index contributed by atoms with van der Waals surface area (Å²) in [7, 11) is 0. The maximum absolute atomic E-state index is 8.45. The molecule has 0 bridgehead atoms. The van der Waals surface area contributed by atoms with Crippen LogP contribution in [-0.4, -0.2) is 26.4 Å². The standard InChI is InChI=1S/C6H12N2O2S/c1-4(2)11-6(8-10)5(3)7-9/h4,9-10H,1-3H3. The Hall–Kier alpha value is -0.710. The third kappa shape index (κ3) is 3.87. The van der Waals surface area contributed by atoms with Crippen molar-refractivity contribution in [2.24, 2.45) is 10.3 Å². The van der Waals surface area contributed by atoms with Crippen LogP contribution in [0.3, 0.4) is 0 Å². The molecule has 0 aliphatic rings. The fourth-order valence-corrected chi connectivity index (χ4v) is 1.15. The molecule has 4 nitrogen and oxygen atoms in total. The van der Waals surface area contributed by atoms with Crippen LogP contribution in [0.4, 0.5) is 0 Å². The average molecular weight is 176 g/mol. The maximum Gasteiger partial charge on any atom is 0.160 e. The molecule has 0 aliphatic heterocycles. The summed E-state index contributed by atoms with van der Waals surface area (Å²) in [4.78, 5) is 0. The Bertz CT molecular complexity index is 177. The van der Waals surface area contributed by atoms with Crippen molar-refractivity contribution in [3.8, 4) is 0 Å². The van der Waals surface area contributed by atoms with Crippen molar-refractivity contribution in [2.45, 2.75) is 26.0 Å². The van der Waals surface area contributed by atoms with Gasteiger partial charge < -0.3 is 10.4 Å². The zero-order valence-corrected chi connectivity index (χ0v) is 7.59. The molecule has 0 aromatic heterocycles. The molecule has 0 saturated carbocycles. The van der Waals surface area contributed by atoms with E-state index in [9.17, 15) is 0 Å². The molecule has 0 saturated heterocycles. The number of thioether (sulfide) groups is 1. The van der Waals surface area contributed by atoms with Crippen molar-refractivity contribution in [1.29, 1.82) is 0 Å². The molecule has 0 heterocycles. The second kappa shape index (κ2) is 5.01. The fourth-order valence-electron chi connectivity index (χ4n) is 0.447. The van der Waals surface area contributed by atoms with Gasteiger partial charge in [0, 0.05) is 5.25 Å². The molecule has 0 aromatic rings. The minimum absolute atomic E-state index is 0.303. The van der Waals surface area contributed by atoms with Crippen molar-refractivity contribution in [1.82, 2.24) is 0 Å². The van der Waals surface area contributed by atoms with Crippen LogP contribution < -0.4 is 0 Å². The first-order valence-electron chi connectivity index (χ1n) is 3.19. The van der Waals surface area contributed by atoms with Gasteiger partial charge in [0.05, 0.1) is 0 Å². The molecule has 0 fully saturated rings. The van der Waals surface area contributed by atoms with Gasteiger partial charge in [0.25, 0.3) is 0 Å². The Kier molecular flexibility index (Phi) is 4.69. The van der Waals surface area contributed by atoms with Gasteiger partial charge in [0.1, 0.15) is 5.71 Å². The first kappa shape index (κ1) is 10.3. The number of hydrogen-bond donors (Lipinski definition) is 2. The van der Waals surface area contributed by atoms with Crippen molar-refractivity contribution >= 4 is 22.5 Å². The van der Waals surface area contributed by atoms with Gasteiger partial charge in [0.15, 0.2) is 5.04 Å². The van der Waals surface area contributed by atoms with Gasteiger partial charge in [0.2, 0.25) is 0 Å². The van der Waals surface area contributed by atoms with Crippen molar-refractivity contribution in [3.05, 3.63) is 0 Å². The molecule has 0 aromatic carbocycles. The molecular formula is C6H12N2O2S. The summed E-state index contributed by atoms with van der Waals surface area (Å²) >= 11 is 1.34. The smallest absolute Gasteiger partial charge is 0.160 e. The number of rotatable bonds is 2. The molecule has 2 N–H and O–H groups in total. The van der Waals surface area contributed by atoms with E-state index in [0.717, 1.165) is 0 Å². The van der Waals surface area contributed by atoms with Gasteiger partial charge in [-0.3, -0.25) is 0 Å². The topological polar surface area (TPSA) is 65.2 Å². The molecule has 0 aliphatic carbocycles. The predicted molar refractivity (Wildman–Crippen MR) is 46.8 cm³/mol. The summed E-state index contributed by atoms with van der Waals surface area (Å²) in [5.41, 5.74) is 0.325. The molecule has 11 heavy (non-hydrogen) atoms. The van der Waals surface area contributed by atoms with E-state index < -0.39 is 0 Å². The SMILES string of the molecule is CC(=NO)C(=NO)SC(C)C. The van der Waals surface area contributed by atoms with Crippen LogP contribution in [0.1, 0.15) is 20.8 Å². The minimum Gasteiger partial charge on any atom is -0.411 e. The van der Waals surface area contributed by atoms with Gasteiger partial charge in [-0.2, -0.15) is 0 Å². The zero-order chi connectivity index (χ0) is 8.85. The highest BCUT2D eigenvalue weighted by atomic mass is 32.2. The van der Waals surface area contributed by atoms with Crippen LogP contribution in [0.2, 0.25) is 0 Å². The highest BCUT2D eigenvalue weighted by molar-refractivity contribution is 8.16. The number of hydrogen-bond acceptors (Lipinski definition) is 5. The summed E-state index contributed by atoms with van der Waals surface area (Å²) < 4.78 is 0. The summed E-state index contributed by atoms with van der Waals surface area (Å²) in [5, 5.41) is 23.3. The van der Waals surface area contributed by atoms with Crippen LogP contribution in [0.5, 0.6) is 0 Å². The molecular weight excluding hydrogens is 164 g/mol. The zero-order valence-electron chi connectivity index (χ0n) is 6.77. The lowest BCUT2D eigenvalue weighted by atomic mass is 10.5. The molecule has 0 atom stereocenters. The third-order valence-electron chi connectivity index (χ3n) is 0.898. The van der Waals surface area contributed by atoms with Crippen molar-refractivity contribution in [2.75, 3.05) is 0 Å². The largest absolute Gasteiger partial charge is 0.411 e. The van der Waals surface area contributed by atoms with Gasteiger partial charge in [-0.25, -0.2) is 0 Å². The van der Waals surface area contributed by atoms with E-state index in [0.29, 0.717) is 16.0 Å². The van der Waals surface area contributed by atoms with Crippen LogP contribution in [0.15, 0.2) is 10.3 Å². The average Bonchev–Trinajstić information content (AvgIpc) is 1.98. The van der Waals surface area contributed by atoms with Crippen molar-refractivity contribution in [3.63, 3.8) is 0 Å². The first-order chi connectivity index (χ1) is 5.11. The van der Waals surface area contributed by atoms with E-state index >= 15 is 0 Å². The first-order valence-corrected chi connectivity index (χ1v) is 4.07. The van der Waals surface area contributed by atoms with E-state index in [2.05, 4.69) is 10.3 Å². The lowest BCUT2D eigenvalue weighted by Gasteiger charge is -2.03.